The van der Waals surface area contributed by atoms with Crippen molar-refractivity contribution >= 4 is 22.0 Å². The van der Waals surface area contributed by atoms with E-state index in [-0.39, 0.29) is 19.6 Å². The molecule has 0 unspecified atom stereocenters. The summed E-state index contributed by atoms with van der Waals surface area (Å²) in [5.41, 5.74) is 0. The number of hydrogen-bond donors (Lipinski definition) is 0. The second-order valence-electron chi connectivity index (χ2n) is 3.53. The monoisotopic (exact) mass is 293 g/mol. The van der Waals surface area contributed by atoms with Crippen molar-refractivity contribution in [1.29, 1.82) is 0 Å². The lowest BCUT2D eigenvalue weighted by atomic mass is 10.5. The average molecular weight is 293 g/mol. The number of esters is 2. The Morgan fingerprint density at radius 3 is 2.42 bits per heavy atom. The molecule has 0 saturated carbocycles. The van der Waals surface area contributed by atoms with Crippen molar-refractivity contribution in [3.8, 4) is 0 Å². The lowest BCUT2D eigenvalue weighted by Crippen LogP contribution is -2.38. The second kappa shape index (κ2) is 8.65. The maximum atomic E-state index is 11.9. The smallest absolute Gasteiger partial charge is 0.321 e. The molecule has 0 fully saturated rings. The lowest BCUT2D eigenvalue weighted by Gasteiger charge is -2.19. The highest BCUT2D eigenvalue weighted by Crippen LogP contribution is 2.05. The number of nitrogens with zero attached hydrogens (tertiary/aromatic N) is 1. The minimum absolute atomic E-state index is 0.0255. The molecule has 8 heteroatoms. The Morgan fingerprint density at radius 1 is 1.32 bits per heavy atom. The standard InChI is InChI=1S/C11H19NO6S/c1-4-7-12(9-11(14)18-5-2)19(15,16)8-6-10(13)17-3/h4H,1,5-9H2,2-3H3. The quantitative estimate of drug-likeness (QED) is 0.436. The van der Waals surface area contributed by atoms with Gasteiger partial charge in [0.2, 0.25) is 10.0 Å². The van der Waals surface area contributed by atoms with E-state index in [1.54, 1.807) is 6.92 Å². The molecule has 0 aliphatic heterocycles. The Morgan fingerprint density at radius 2 is 1.95 bits per heavy atom. The third kappa shape index (κ3) is 6.92. The molecule has 110 valence electrons. The maximum Gasteiger partial charge on any atom is 0.321 e. The van der Waals surface area contributed by atoms with E-state index in [2.05, 4.69) is 16.1 Å². The zero-order chi connectivity index (χ0) is 14.9. The van der Waals surface area contributed by atoms with Crippen LogP contribution in [0.5, 0.6) is 0 Å². The van der Waals surface area contributed by atoms with Crippen LogP contribution in [0, 0.1) is 0 Å². The van der Waals surface area contributed by atoms with Gasteiger partial charge in [0.1, 0.15) is 6.54 Å². The van der Waals surface area contributed by atoms with Crippen LogP contribution in [-0.4, -0.2) is 57.2 Å². The van der Waals surface area contributed by atoms with Gasteiger partial charge in [-0.25, -0.2) is 8.42 Å². The summed E-state index contributed by atoms with van der Waals surface area (Å²) < 4.78 is 33.9. The molecular weight excluding hydrogens is 274 g/mol. The number of ether oxygens (including phenoxy) is 2. The summed E-state index contributed by atoms with van der Waals surface area (Å²) in [4.78, 5) is 22.3. The van der Waals surface area contributed by atoms with E-state index in [0.29, 0.717) is 0 Å². The van der Waals surface area contributed by atoms with Crippen LogP contribution in [0.3, 0.4) is 0 Å². The van der Waals surface area contributed by atoms with E-state index in [9.17, 15) is 18.0 Å². The lowest BCUT2D eigenvalue weighted by molar-refractivity contribution is -0.143. The summed E-state index contributed by atoms with van der Waals surface area (Å²) >= 11 is 0. The van der Waals surface area contributed by atoms with Gasteiger partial charge in [0.25, 0.3) is 0 Å². The van der Waals surface area contributed by atoms with Gasteiger partial charge in [-0.3, -0.25) is 9.59 Å². The van der Waals surface area contributed by atoms with Crippen molar-refractivity contribution in [2.24, 2.45) is 0 Å². The summed E-state index contributed by atoms with van der Waals surface area (Å²) in [6.45, 7) is 4.80. The average Bonchev–Trinajstić information content (AvgIpc) is 2.35. The molecule has 0 saturated heterocycles. The number of carbonyl (C=O) groups excluding carboxylic acids is 2. The first-order valence-corrected chi connectivity index (χ1v) is 7.29. The Hall–Kier alpha value is -1.41. The molecule has 0 heterocycles. The number of carbonyl (C=O) groups is 2. The van der Waals surface area contributed by atoms with Gasteiger partial charge in [-0.15, -0.1) is 6.58 Å². The molecule has 19 heavy (non-hydrogen) atoms. The topological polar surface area (TPSA) is 90.0 Å². The van der Waals surface area contributed by atoms with Crippen LogP contribution in [-0.2, 0) is 29.1 Å². The third-order valence-corrected chi connectivity index (χ3v) is 3.91. The van der Waals surface area contributed by atoms with Crippen LogP contribution in [0.15, 0.2) is 12.7 Å². The van der Waals surface area contributed by atoms with Crippen molar-refractivity contribution in [3.05, 3.63) is 12.7 Å². The van der Waals surface area contributed by atoms with Crippen molar-refractivity contribution in [2.75, 3.05) is 32.6 Å². The zero-order valence-corrected chi connectivity index (χ0v) is 11.9. The minimum atomic E-state index is -3.74. The van der Waals surface area contributed by atoms with E-state index >= 15 is 0 Å². The van der Waals surface area contributed by atoms with E-state index in [0.717, 1.165) is 4.31 Å². The Kier molecular flexibility index (Phi) is 8.01. The molecule has 0 aromatic carbocycles. The molecule has 0 aliphatic rings. The van der Waals surface area contributed by atoms with Gasteiger partial charge < -0.3 is 9.47 Å². The van der Waals surface area contributed by atoms with Gasteiger partial charge in [0.15, 0.2) is 0 Å². The molecule has 0 aliphatic carbocycles. The fourth-order valence-corrected chi connectivity index (χ4v) is 2.53. The molecular formula is C11H19NO6S. The summed E-state index contributed by atoms with van der Waals surface area (Å²) in [6.07, 6.45) is 1.09. The molecule has 0 bridgehead atoms. The molecule has 0 radical (unpaired) electrons. The predicted molar refractivity (Wildman–Crippen MR) is 68.8 cm³/mol. The minimum Gasteiger partial charge on any atom is -0.469 e. The largest absolute Gasteiger partial charge is 0.469 e. The summed E-state index contributed by atoms with van der Waals surface area (Å²) in [5, 5.41) is 0. The van der Waals surface area contributed by atoms with Crippen molar-refractivity contribution in [3.63, 3.8) is 0 Å². The fourth-order valence-electron chi connectivity index (χ4n) is 1.21. The molecule has 0 aromatic rings. The van der Waals surface area contributed by atoms with Crippen molar-refractivity contribution in [1.82, 2.24) is 4.31 Å². The van der Waals surface area contributed by atoms with Crippen LogP contribution < -0.4 is 0 Å². The van der Waals surface area contributed by atoms with Crippen LogP contribution >= 0.6 is 0 Å². The number of methoxy groups -OCH3 is 1. The second-order valence-corrected chi connectivity index (χ2v) is 5.62. The molecule has 0 spiro atoms. The first kappa shape index (κ1) is 17.6. The van der Waals surface area contributed by atoms with Gasteiger partial charge in [0.05, 0.1) is 25.9 Å². The van der Waals surface area contributed by atoms with Crippen LogP contribution in [0.1, 0.15) is 13.3 Å². The van der Waals surface area contributed by atoms with Crippen molar-refractivity contribution in [2.45, 2.75) is 13.3 Å². The van der Waals surface area contributed by atoms with E-state index in [4.69, 9.17) is 0 Å². The Balaban J connectivity index is 4.70. The van der Waals surface area contributed by atoms with E-state index in [1.165, 1.54) is 13.2 Å². The fraction of sp³-hybridized carbons (Fsp3) is 0.636. The number of rotatable bonds is 9. The highest BCUT2D eigenvalue weighted by molar-refractivity contribution is 7.89. The van der Waals surface area contributed by atoms with Crippen LogP contribution in [0.2, 0.25) is 0 Å². The third-order valence-electron chi connectivity index (χ3n) is 2.13. The molecule has 0 amide bonds. The van der Waals surface area contributed by atoms with Crippen LogP contribution in [0.4, 0.5) is 0 Å². The number of sulfonamides is 1. The zero-order valence-electron chi connectivity index (χ0n) is 11.1. The van der Waals surface area contributed by atoms with Gasteiger partial charge >= 0.3 is 11.9 Å². The first-order chi connectivity index (χ1) is 8.87. The normalized spacial score (nSPS) is 11.1. The Bertz CT molecular complexity index is 417. The molecule has 7 nitrogen and oxygen atoms in total. The summed E-state index contributed by atoms with van der Waals surface area (Å²) in [6, 6.07) is 0. The van der Waals surface area contributed by atoms with E-state index in [1.807, 2.05) is 0 Å². The first-order valence-electron chi connectivity index (χ1n) is 5.68. The van der Waals surface area contributed by atoms with Gasteiger partial charge in [-0.1, -0.05) is 6.08 Å². The van der Waals surface area contributed by atoms with Crippen molar-refractivity contribution < 1.29 is 27.5 Å². The van der Waals surface area contributed by atoms with Gasteiger partial charge in [0, 0.05) is 6.54 Å². The molecule has 0 aromatic heterocycles. The van der Waals surface area contributed by atoms with Gasteiger partial charge in [-0.05, 0) is 6.92 Å². The van der Waals surface area contributed by atoms with Gasteiger partial charge in [-0.2, -0.15) is 4.31 Å². The predicted octanol–water partition coefficient (Wildman–Crippen LogP) is -0.0696. The Labute approximate surface area is 113 Å². The highest BCUT2D eigenvalue weighted by atomic mass is 32.2. The SMILES string of the molecule is C=CCN(CC(=O)OCC)S(=O)(=O)CCC(=O)OC. The molecule has 0 atom stereocenters. The van der Waals surface area contributed by atoms with Crippen LogP contribution in [0.25, 0.3) is 0 Å². The van der Waals surface area contributed by atoms with E-state index < -0.39 is 34.3 Å². The highest BCUT2D eigenvalue weighted by Gasteiger charge is 2.25. The molecule has 0 rings (SSSR count). The molecule has 0 N–H and O–H groups in total. The summed E-state index contributed by atoms with van der Waals surface area (Å²) in [7, 11) is -2.57. The maximum absolute atomic E-state index is 11.9. The number of hydrogen-bond acceptors (Lipinski definition) is 6. The summed E-state index contributed by atoms with van der Waals surface area (Å²) in [5.74, 6) is -1.70.